The predicted molar refractivity (Wildman–Crippen MR) is 127 cm³/mol. The van der Waals surface area contributed by atoms with Crippen LogP contribution < -0.4 is 10.1 Å². The number of amides is 1. The van der Waals surface area contributed by atoms with Crippen molar-refractivity contribution in [1.29, 1.82) is 0 Å². The molecule has 174 valence electrons. The fourth-order valence-electron chi connectivity index (χ4n) is 3.04. The molecule has 3 rings (SSSR count). The molecule has 3 aromatic rings. The maximum Gasteiger partial charge on any atom is 0.319 e. The average Bonchev–Trinajstić information content (AvgIpc) is 3.21. The Morgan fingerprint density at radius 2 is 1.91 bits per heavy atom. The number of aromatic nitrogens is 3. The molecule has 0 fully saturated rings. The molecule has 0 bridgehead atoms. The first-order chi connectivity index (χ1) is 15.8. The first-order valence-corrected chi connectivity index (χ1v) is 11.6. The molecule has 0 unspecified atom stereocenters. The molecule has 2 aromatic carbocycles. The van der Waals surface area contributed by atoms with Gasteiger partial charge in [0.05, 0.1) is 25.9 Å². The topological polar surface area (TPSA) is 95.3 Å². The van der Waals surface area contributed by atoms with Crippen LogP contribution in [0.5, 0.6) is 5.75 Å². The van der Waals surface area contributed by atoms with Gasteiger partial charge < -0.3 is 14.8 Å². The van der Waals surface area contributed by atoms with E-state index < -0.39 is 5.25 Å². The Morgan fingerprint density at radius 1 is 1.18 bits per heavy atom. The summed E-state index contributed by atoms with van der Waals surface area (Å²) in [6, 6.07) is 12.3. The summed E-state index contributed by atoms with van der Waals surface area (Å²) in [6.45, 7) is 5.82. The maximum absolute atomic E-state index is 12.6. The summed E-state index contributed by atoms with van der Waals surface area (Å²) in [5.74, 6) is 0.569. The molecule has 0 aliphatic rings. The number of hydrogen-bond acceptors (Lipinski definition) is 7. The molecule has 33 heavy (non-hydrogen) atoms. The SMILES string of the molecule is CCOC(=O)[C@@H](C)Sc1nnc(CNC(=O)c2ccc(OC)cc2)n1-c1cccc(Cl)c1C. The summed E-state index contributed by atoms with van der Waals surface area (Å²) in [4.78, 5) is 24.8. The van der Waals surface area contributed by atoms with Gasteiger partial charge in [0.15, 0.2) is 11.0 Å². The predicted octanol–water partition coefficient (Wildman–Crippen LogP) is 4.21. The van der Waals surface area contributed by atoms with Crippen LogP contribution in [-0.4, -0.2) is 45.6 Å². The van der Waals surface area contributed by atoms with E-state index in [4.69, 9.17) is 21.1 Å². The number of esters is 1. The second kappa shape index (κ2) is 11.2. The number of ether oxygens (including phenoxy) is 2. The Kier molecular flexibility index (Phi) is 8.35. The van der Waals surface area contributed by atoms with E-state index >= 15 is 0 Å². The molecule has 0 aliphatic carbocycles. The smallest absolute Gasteiger partial charge is 0.319 e. The molecule has 10 heteroatoms. The molecule has 8 nitrogen and oxygen atoms in total. The lowest BCUT2D eigenvalue weighted by Crippen LogP contribution is -2.25. The highest BCUT2D eigenvalue weighted by Crippen LogP contribution is 2.30. The maximum atomic E-state index is 12.6. The normalized spacial score (nSPS) is 11.7. The largest absolute Gasteiger partial charge is 0.497 e. The molecule has 0 aliphatic heterocycles. The Labute approximate surface area is 201 Å². The second-order valence-electron chi connectivity index (χ2n) is 7.04. The third-order valence-electron chi connectivity index (χ3n) is 4.84. The monoisotopic (exact) mass is 488 g/mol. The van der Waals surface area contributed by atoms with E-state index in [0.29, 0.717) is 33.9 Å². The van der Waals surface area contributed by atoms with Gasteiger partial charge >= 0.3 is 5.97 Å². The van der Waals surface area contributed by atoms with Gasteiger partial charge in [-0.05, 0) is 62.7 Å². The average molecular weight is 489 g/mol. The fraction of sp³-hybridized carbons (Fsp3) is 0.304. The highest BCUT2D eigenvalue weighted by Gasteiger charge is 2.23. The Hall–Kier alpha value is -3.04. The highest BCUT2D eigenvalue weighted by molar-refractivity contribution is 8.00. The number of benzene rings is 2. The molecule has 0 spiro atoms. The van der Waals surface area contributed by atoms with E-state index in [1.807, 2.05) is 19.1 Å². The van der Waals surface area contributed by atoms with Crippen LogP contribution in [0.3, 0.4) is 0 Å². The Bertz CT molecular complexity index is 1130. The summed E-state index contributed by atoms with van der Waals surface area (Å²) in [5.41, 5.74) is 2.08. The third-order valence-corrected chi connectivity index (χ3v) is 6.27. The van der Waals surface area contributed by atoms with Crippen LogP contribution in [0.2, 0.25) is 5.02 Å². The Morgan fingerprint density at radius 3 is 2.58 bits per heavy atom. The van der Waals surface area contributed by atoms with Gasteiger partial charge in [-0.2, -0.15) is 0 Å². The number of hydrogen-bond donors (Lipinski definition) is 1. The van der Waals surface area contributed by atoms with Crippen LogP contribution in [0.4, 0.5) is 0 Å². The van der Waals surface area contributed by atoms with E-state index in [-0.39, 0.29) is 18.4 Å². The standard InChI is InChI=1S/C23H25ClN4O4S/c1-5-32-22(30)15(3)33-23-27-26-20(28(23)19-8-6-7-18(24)14(19)2)13-25-21(29)16-9-11-17(31-4)12-10-16/h6-12,15H,5,13H2,1-4H3,(H,25,29)/t15-/m1/s1. The number of nitrogens with zero attached hydrogens (tertiary/aromatic N) is 3. The van der Waals surface area contributed by atoms with Crippen LogP contribution in [0.25, 0.3) is 5.69 Å². The number of rotatable bonds is 9. The van der Waals surface area contributed by atoms with Crippen LogP contribution in [0.15, 0.2) is 47.6 Å². The van der Waals surface area contributed by atoms with Crippen molar-refractivity contribution in [2.75, 3.05) is 13.7 Å². The zero-order valence-corrected chi connectivity index (χ0v) is 20.4. The van der Waals surface area contributed by atoms with Crippen molar-refractivity contribution in [3.63, 3.8) is 0 Å². The van der Waals surface area contributed by atoms with E-state index in [9.17, 15) is 9.59 Å². The van der Waals surface area contributed by atoms with Crippen LogP contribution >= 0.6 is 23.4 Å². The van der Waals surface area contributed by atoms with E-state index in [1.165, 1.54) is 11.8 Å². The molecule has 0 saturated heterocycles. The highest BCUT2D eigenvalue weighted by atomic mass is 35.5. The summed E-state index contributed by atoms with van der Waals surface area (Å²) in [7, 11) is 1.57. The van der Waals surface area contributed by atoms with Crippen LogP contribution in [0.1, 0.15) is 35.6 Å². The van der Waals surface area contributed by atoms with Gasteiger partial charge in [-0.1, -0.05) is 29.4 Å². The zero-order chi connectivity index (χ0) is 24.0. The van der Waals surface area contributed by atoms with Gasteiger partial charge in [-0.3, -0.25) is 14.2 Å². The van der Waals surface area contributed by atoms with E-state index in [0.717, 1.165) is 11.3 Å². The summed E-state index contributed by atoms with van der Waals surface area (Å²) >= 11 is 7.58. The number of thioether (sulfide) groups is 1. The van der Waals surface area contributed by atoms with Crippen molar-refractivity contribution in [2.45, 2.75) is 37.7 Å². The minimum Gasteiger partial charge on any atom is -0.497 e. The van der Waals surface area contributed by atoms with E-state index in [1.54, 1.807) is 55.9 Å². The van der Waals surface area contributed by atoms with Gasteiger partial charge in [0.1, 0.15) is 11.0 Å². The molecule has 1 N–H and O–H groups in total. The van der Waals surface area contributed by atoms with Crippen molar-refractivity contribution >= 4 is 35.2 Å². The van der Waals surface area contributed by atoms with Crippen molar-refractivity contribution in [3.8, 4) is 11.4 Å². The van der Waals surface area contributed by atoms with Crippen LogP contribution in [-0.2, 0) is 16.1 Å². The minimum absolute atomic E-state index is 0.123. The van der Waals surface area contributed by atoms with Crippen molar-refractivity contribution < 1.29 is 19.1 Å². The first kappa shape index (κ1) is 24.6. The summed E-state index contributed by atoms with van der Waals surface area (Å²) in [5, 5.41) is 12.0. The lowest BCUT2D eigenvalue weighted by atomic mass is 10.2. The van der Waals surface area contributed by atoms with Crippen molar-refractivity contribution in [2.24, 2.45) is 0 Å². The number of methoxy groups -OCH3 is 1. The van der Waals surface area contributed by atoms with E-state index in [2.05, 4.69) is 15.5 Å². The van der Waals surface area contributed by atoms with Gasteiger partial charge in [0.25, 0.3) is 5.91 Å². The number of carbonyl (C=O) groups is 2. The Balaban J connectivity index is 1.89. The van der Waals surface area contributed by atoms with Gasteiger partial charge in [0, 0.05) is 10.6 Å². The zero-order valence-electron chi connectivity index (χ0n) is 18.8. The van der Waals surface area contributed by atoms with Gasteiger partial charge in [-0.25, -0.2) is 0 Å². The molecular formula is C23H25ClN4O4S. The summed E-state index contributed by atoms with van der Waals surface area (Å²) < 4.78 is 12.0. The number of halogens is 1. The molecule has 1 aromatic heterocycles. The third kappa shape index (κ3) is 5.85. The second-order valence-corrected chi connectivity index (χ2v) is 8.76. The van der Waals surface area contributed by atoms with Crippen molar-refractivity contribution in [1.82, 2.24) is 20.1 Å². The molecule has 0 saturated carbocycles. The minimum atomic E-state index is -0.492. The lowest BCUT2D eigenvalue weighted by molar-refractivity contribution is -0.142. The number of carbonyl (C=O) groups excluding carboxylic acids is 2. The number of nitrogens with one attached hydrogen (secondary N) is 1. The first-order valence-electron chi connectivity index (χ1n) is 10.3. The molecular weight excluding hydrogens is 464 g/mol. The van der Waals surface area contributed by atoms with Crippen molar-refractivity contribution in [3.05, 3.63) is 64.4 Å². The van der Waals surface area contributed by atoms with Gasteiger partial charge in [-0.15, -0.1) is 10.2 Å². The molecule has 1 heterocycles. The lowest BCUT2D eigenvalue weighted by Gasteiger charge is -2.15. The van der Waals surface area contributed by atoms with Gasteiger partial charge in [0.2, 0.25) is 0 Å². The molecule has 1 amide bonds. The van der Waals surface area contributed by atoms with Crippen LogP contribution in [0, 0.1) is 6.92 Å². The molecule has 1 atom stereocenters. The quantitative estimate of drug-likeness (QED) is 0.356. The summed E-state index contributed by atoms with van der Waals surface area (Å²) in [6.07, 6.45) is 0. The molecule has 0 radical (unpaired) electrons. The fourth-order valence-corrected chi connectivity index (χ4v) is 4.09.